The molecule has 2 rings (SSSR count). The number of aromatic nitrogens is 2. The molecular weight excluding hydrogens is 258 g/mol. The van der Waals surface area contributed by atoms with Gasteiger partial charge >= 0.3 is 5.97 Å². The van der Waals surface area contributed by atoms with Crippen molar-refractivity contribution in [3.63, 3.8) is 0 Å². The molecule has 1 aromatic heterocycles. The maximum absolute atomic E-state index is 11.5. The lowest BCUT2D eigenvalue weighted by atomic mass is 10.2. The molecule has 0 radical (unpaired) electrons. The van der Waals surface area contributed by atoms with Gasteiger partial charge in [-0.25, -0.2) is 14.8 Å². The summed E-state index contributed by atoms with van der Waals surface area (Å²) in [6, 6.07) is 8.25. The van der Waals surface area contributed by atoms with Gasteiger partial charge in [0.25, 0.3) is 5.88 Å². The first-order valence-electron chi connectivity index (χ1n) is 5.90. The molecule has 2 aromatic rings. The zero-order valence-electron chi connectivity index (χ0n) is 10.7. The highest BCUT2D eigenvalue weighted by Gasteiger charge is 2.09. The van der Waals surface area contributed by atoms with E-state index in [1.165, 1.54) is 12.4 Å². The Morgan fingerprint density at radius 1 is 1.25 bits per heavy atom. The zero-order valence-corrected chi connectivity index (χ0v) is 10.7. The van der Waals surface area contributed by atoms with Gasteiger partial charge < -0.3 is 9.47 Å². The van der Waals surface area contributed by atoms with Gasteiger partial charge in [0, 0.05) is 12.4 Å². The summed E-state index contributed by atoms with van der Waals surface area (Å²) in [5.74, 6) is 0.185. The third kappa shape index (κ3) is 3.09. The SMILES string of the molecule is CCOC(=O)c1ccc(Oc2nccnc2C#N)cc1. The van der Waals surface area contributed by atoms with Gasteiger partial charge in [0.15, 0.2) is 0 Å². The summed E-state index contributed by atoms with van der Waals surface area (Å²) in [6.07, 6.45) is 2.85. The van der Waals surface area contributed by atoms with Crippen molar-refractivity contribution in [3.05, 3.63) is 47.9 Å². The van der Waals surface area contributed by atoms with Gasteiger partial charge in [0.05, 0.1) is 12.2 Å². The van der Waals surface area contributed by atoms with Crippen molar-refractivity contribution in [2.24, 2.45) is 0 Å². The molecule has 100 valence electrons. The van der Waals surface area contributed by atoms with Crippen LogP contribution in [-0.4, -0.2) is 22.5 Å². The van der Waals surface area contributed by atoms with Gasteiger partial charge in [-0.3, -0.25) is 0 Å². The molecule has 0 saturated heterocycles. The molecule has 0 saturated carbocycles. The Bertz CT molecular complexity index is 647. The highest BCUT2D eigenvalue weighted by Crippen LogP contribution is 2.21. The van der Waals surface area contributed by atoms with Crippen LogP contribution in [0.5, 0.6) is 11.6 Å². The first-order chi connectivity index (χ1) is 9.74. The van der Waals surface area contributed by atoms with Crippen molar-refractivity contribution in [2.45, 2.75) is 6.92 Å². The van der Waals surface area contributed by atoms with Crippen LogP contribution < -0.4 is 4.74 Å². The molecule has 0 aliphatic heterocycles. The van der Waals surface area contributed by atoms with Crippen LogP contribution in [0.2, 0.25) is 0 Å². The number of ether oxygens (including phenoxy) is 2. The van der Waals surface area contributed by atoms with E-state index in [9.17, 15) is 4.79 Å². The molecule has 0 N–H and O–H groups in total. The average molecular weight is 269 g/mol. The molecule has 0 spiro atoms. The lowest BCUT2D eigenvalue weighted by molar-refractivity contribution is 0.0526. The highest BCUT2D eigenvalue weighted by molar-refractivity contribution is 5.89. The number of carbonyl (C=O) groups is 1. The highest BCUT2D eigenvalue weighted by atomic mass is 16.5. The molecule has 20 heavy (non-hydrogen) atoms. The van der Waals surface area contributed by atoms with E-state index < -0.39 is 5.97 Å². The van der Waals surface area contributed by atoms with Gasteiger partial charge in [-0.15, -0.1) is 0 Å². The molecule has 6 nitrogen and oxygen atoms in total. The summed E-state index contributed by atoms with van der Waals surface area (Å²) in [6.45, 7) is 2.06. The zero-order chi connectivity index (χ0) is 14.4. The molecule has 0 atom stereocenters. The second kappa shape index (κ2) is 6.29. The van der Waals surface area contributed by atoms with Crippen molar-refractivity contribution in [3.8, 4) is 17.7 Å². The number of hydrogen-bond acceptors (Lipinski definition) is 6. The van der Waals surface area contributed by atoms with Crippen LogP contribution in [-0.2, 0) is 4.74 Å². The minimum Gasteiger partial charge on any atom is -0.462 e. The summed E-state index contributed by atoms with van der Waals surface area (Å²) in [7, 11) is 0. The van der Waals surface area contributed by atoms with Crippen molar-refractivity contribution >= 4 is 5.97 Å². The standard InChI is InChI=1S/C14H11N3O3/c1-2-19-14(18)10-3-5-11(6-4-10)20-13-12(9-15)16-7-8-17-13/h3-8H,2H2,1H3. The van der Waals surface area contributed by atoms with Crippen molar-refractivity contribution in [1.29, 1.82) is 5.26 Å². The number of hydrogen-bond donors (Lipinski definition) is 0. The van der Waals surface area contributed by atoms with Crippen molar-refractivity contribution in [2.75, 3.05) is 6.61 Å². The average Bonchev–Trinajstić information content (AvgIpc) is 2.49. The topological polar surface area (TPSA) is 85.1 Å². The fraction of sp³-hybridized carbons (Fsp3) is 0.143. The van der Waals surface area contributed by atoms with E-state index in [0.29, 0.717) is 17.9 Å². The Labute approximate surface area is 115 Å². The number of nitrogens with zero attached hydrogens (tertiary/aromatic N) is 3. The molecule has 0 aliphatic rings. The Hall–Kier alpha value is -2.94. The molecule has 0 aliphatic carbocycles. The van der Waals surface area contributed by atoms with Crippen LogP contribution in [0.3, 0.4) is 0 Å². The van der Waals surface area contributed by atoms with Gasteiger partial charge in [-0.1, -0.05) is 0 Å². The molecule has 1 heterocycles. The number of nitriles is 1. The Balaban J connectivity index is 2.15. The normalized spacial score (nSPS) is 9.60. The maximum Gasteiger partial charge on any atom is 0.338 e. The summed E-state index contributed by atoms with van der Waals surface area (Å²) in [4.78, 5) is 19.3. The predicted octanol–water partition coefficient (Wildman–Crippen LogP) is 2.32. The third-order valence-electron chi connectivity index (χ3n) is 2.35. The van der Waals surface area contributed by atoms with Gasteiger partial charge in [0.1, 0.15) is 11.8 Å². The minimum absolute atomic E-state index is 0.0990. The Morgan fingerprint density at radius 3 is 2.60 bits per heavy atom. The van der Waals surface area contributed by atoms with Gasteiger partial charge in [-0.2, -0.15) is 5.26 Å². The number of carbonyl (C=O) groups excluding carboxylic acids is 1. The summed E-state index contributed by atoms with van der Waals surface area (Å²) >= 11 is 0. The van der Waals surface area contributed by atoms with E-state index in [1.807, 2.05) is 6.07 Å². The number of benzene rings is 1. The van der Waals surface area contributed by atoms with E-state index in [1.54, 1.807) is 31.2 Å². The first kappa shape index (κ1) is 13.5. The second-order valence-corrected chi connectivity index (χ2v) is 3.67. The Kier molecular flexibility index (Phi) is 4.24. The molecular formula is C14H11N3O3. The lowest BCUT2D eigenvalue weighted by Gasteiger charge is -2.06. The van der Waals surface area contributed by atoms with E-state index in [-0.39, 0.29) is 11.6 Å². The van der Waals surface area contributed by atoms with Crippen molar-refractivity contribution in [1.82, 2.24) is 9.97 Å². The van der Waals surface area contributed by atoms with Crippen LogP contribution in [0.15, 0.2) is 36.7 Å². The number of esters is 1. The van der Waals surface area contributed by atoms with Crippen LogP contribution in [0, 0.1) is 11.3 Å². The van der Waals surface area contributed by atoms with E-state index >= 15 is 0 Å². The molecule has 1 aromatic carbocycles. The quantitative estimate of drug-likeness (QED) is 0.792. The minimum atomic E-state index is -0.392. The summed E-state index contributed by atoms with van der Waals surface area (Å²) in [5, 5.41) is 8.88. The first-order valence-corrected chi connectivity index (χ1v) is 5.90. The third-order valence-corrected chi connectivity index (χ3v) is 2.35. The molecule has 0 unspecified atom stereocenters. The summed E-state index contributed by atoms with van der Waals surface area (Å²) < 4.78 is 10.3. The van der Waals surface area contributed by atoms with E-state index in [0.717, 1.165) is 0 Å². The van der Waals surface area contributed by atoms with E-state index in [4.69, 9.17) is 14.7 Å². The molecule has 6 heteroatoms. The van der Waals surface area contributed by atoms with Crippen LogP contribution >= 0.6 is 0 Å². The van der Waals surface area contributed by atoms with Crippen LogP contribution in [0.4, 0.5) is 0 Å². The molecule has 0 amide bonds. The predicted molar refractivity (Wildman–Crippen MR) is 69.2 cm³/mol. The fourth-order valence-electron chi connectivity index (χ4n) is 1.46. The van der Waals surface area contributed by atoms with Crippen molar-refractivity contribution < 1.29 is 14.3 Å². The van der Waals surface area contributed by atoms with Gasteiger partial charge in [0.2, 0.25) is 5.69 Å². The van der Waals surface area contributed by atoms with E-state index in [2.05, 4.69) is 9.97 Å². The second-order valence-electron chi connectivity index (χ2n) is 3.67. The summed E-state index contributed by atoms with van der Waals surface area (Å²) in [5.41, 5.74) is 0.529. The number of rotatable bonds is 4. The largest absolute Gasteiger partial charge is 0.462 e. The van der Waals surface area contributed by atoms with Crippen LogP contribution in [0.1, 0.15) is 23.0 Å². The van der Waals surface area contributed by atoms with Gasteiger partial charge in [-0.05, 0) is 31.2 Å². The van der Waals surface area contributed by atoms with Crippen LogP contribution in [0.25, 0.3) is 0 Å². The Morgan fingerprint density at radius 2 is 1.95 bits per heavy atom. The smallest absolute Gasteiger partial charge is 0.338 e. The maximum atomic E-state index is 11.5. The monoisotopic (exact) mass is 269 g/mol. The molecule has 0 bridgehead atoms. The fourth-order valence-corrected chi connectivity index (χ4v) is 1.46. The lowest BCUT2D eigenvalue weighted by Crippen LogP contribution is -2.04. The molecule has 0 fully saturated rings.